The number of nitrogens with zero attached hydrogens (tertiary/aromatic N) is 3. The molecule has 16 heavy (non-hydrogen) atoms. The zero-order valence-electron chi connectivity index (χ0n) is 9.55. The zero-order valence-corrected chi connectivity index (χ0v) is 9.55. The van der Waals surface area contributed by atoms with Crippen molar-refractivity contribution in [1.29, 1.82) is 0 Å². The van der Waals surface area contributed by atoms with Crippen molar-refractivity contribution in [3.8, 4) is 0 Å². The maximum atomic E-state index is 11.4. The molecule has 0 atom stereocenters. The van der Waals surface area contributed by atoms with Crippen molar-refractivity contribution in [3.05, 3.63) is 21.9 Å². The van der Waals surface area contributed by atoms with Gasteiger partial charge in [0.25, 0.3) is 0 Å². The Labute approximate surface area is 92.2 Å². The molecule has 0 bridgehead atoms. The Bertz CT molecular complexity index is 430. The molecule has 7 nitrogen and oxygen atoms in total. The molecule has 0 saturated heterocycles. The standard InChI is InChI=1S/C9H13N3O4/c1-9(2,3)11-6(8(13)16-4)5-7(10-11)12(14)15/h5H,1-4H3. The predicted octanol–water partition coefficient (Wildman–Crippen LogP) is 1.33. The fourth-order valence-corrected chi connectivity index (χ4v) is 1.22. The van der Waals surface area contributed by atoms with Crippen molar-refractivity contribution in [1.82, 2.24) is 9.78 Å². The summed E-state index contributed by atoms with van der Waals surface area (Å²) in [5.74, 6) is -1.01. The van der Waals surface area contributed by atoms with Crippen LogP contribution < -0.4 is 0 Å². The number of methoxy groups -OCH3 is 1. The molecule has 0 unspecified atom stereocenters. The van der Waals surface area contributed by atoms with E-state index in [2.05, 4.69) is 9.84 Å². The molecule has 0 fully saturated rings. The first-order chi connectivity index (χ1) is 7.27. The van der Waals surface area contributed by atoms with Gasteiger partial charge in [0.1, 0.15) is 0 Å². The van der Waals surface area contributed by atoms with Crippen LogP contribution in [0.4, 0.5) is 5.82 Å². The first kappa shape index (κ1) is 12.2. The molecule has 0 radical (unpaired) electrons. The summed E-state index contributed by atoms with van der Waals surface area (Å²) in [7, 11) is 1.22. The van der Waals surface area contributed by atoms with Crippen LogP contribution in [-0.4, -0.2) is 27.8 Å². The van der Waals surface area contributed by atoms with E-state index in [4.69, 9.17) is 0 Å². The smallest absolute Gasteiger partial charge is 0.390 e. The topological polar surface area (TPSA) is 87.3 Å². The molecule has 1 rings (SSSR count). The minimum Gasteiger partial charge on any atom is -0.464 e. The average Bonchev–Trinajstić information content (AvgIpc) is 2.60. The first-order valence-electron chi connectivity index (χ1n) is 4.60. The Balaban J connectivity index is 3.34. The van der Waals surface area contributed by atoms with E-state index >= 15 is 0 Å². The summed E-state index contributed by atoms with van der Waals surface area (Å²) in [6, 6.07) is 1.11. The Kier molecular flexibility index (Phi) is 2.97. The van der Waals surface area contributed by atoms with Gasteiger partial charge in [0.05, 0.1) is 23.8 Å². The molecular weight excluding hydrogens is 214 g/mol. The Morgan fingerprint density at radius 3 is 2.50 bits per heavy atom. The summed E-state index contributed by atoms with van der Waals surface area (Å²) in [6.45, 7) is 5.36. The first-order valence-corrected chi connectivity index (χ1v) is 4.60. The third-order valence-electron chi connectivity index (χ3n) is 1.91. The highest BCUT2D eigenvalue weighted by atomic mass is 16.6. The minimum atomic E-state index is -0.644. The van der Waals surface area contributed by atoms with Gasteiger partial charge in [-0.15, -0.1) is 0 Å². The number of hydrogen-bond donors (Lipinski definition) is 0. The van der Waals surface area contributed by atoms with Crippen LogP contribution in [0.2, 0.25) is 0 Å². The van der Waals surface area contributed by atoms with E-state index in [0.29, 0.717) is 0 Å². The lowest BCUT2D eigenvalue weighted by Gasteiger charge is -2.16. The van der Waals surface area contributed by atoms with Gasteiger partial charge in [0.2, 0.25) is 0 Å². The average molecular weight is 227 g/mol. The van der Waals surface area contributed by atoms with Crippen LogP contribution in [0.1, 0.15) is 31.3 Å². The molecule has 88 valence electrons. The Hall–Kier alpha value is -1.92. The largest absolute Gasteiger partial charge is 0.464 e. The van der Waals surface area contributed by atoms with Gasteiger partial charge in [-0.2, -0.15) is 4.68 Å². The van der Waals surface area contributed by atoms with E-state index in [9.17, 15) is 14.9 Å². The molecule has 1 heterocycles. The summed E-state index contributed by atoms with van der Waals surface area (Å²) in [5, 5.41) is 14.3. The van der Waals surface area contributed by atoms with Gasteiger partial charge >= 0.3 is 11.8 Å². The lowest BCUT2D eigenvalue weighted by Crippen LogP contribution is -2.27. The van der Waals surface area contributed by atoms with Gasteiger partial charge in [-0.25, -0.2) is 4.79 Å². The predicted molar refractivity (Wildman–Crippen MR) is 55.2 cm³/mol. The fourth-order valence-electron chi connectivity index (χ4n) is 1.22. The van der Waals surface area contributed by atoms with Gasteiger partial charge in [-0.05, 0) is 25.7 Å². The molecule has 0 aromatic carbocycles. The molecule has 1 aromatic rings. The third-order valence-corrected chi connectivity index (χ3v) is 1.91. The number of carbonyl (C=O) groups is 1. The normalized spacial score (nSPS) is 11.2. The lowest BCUT2D eigenvalue weighted by atomic mass is 10.1. The van der Waals surface area contributed by atoms with Gasteiger partial charge in [0, 0.05) is 0 Å². The van der Waals surface area contributed by atoms with Crippen molar-refractivity contribution < 1.29 is 14.5 Å². The second-order valence-electron chi connectivity index (χ2n) is 4.22. The van der Waals surface area contributed by atoms with E-state index in [0.717, 1.165) is 6.07 Å². The number of rotatable bonds is 2. The number of nitro groups is 1. The monoisotopic (exact) mass is 227 g/mol. The molecule has 7 heteroatoms. The Morgan fingerprint density at radius 2 is 2.12 bits per heavy atom. The van der Waals surface area contributed by atoms with Crippen molar-refractivity contribution in [2.24, 2.45) is 0 Å². The van der Waals surface area contributed by atoms with Gasteiger partial charge in [-0.3, -0.25) is 0 Å². The van der Waals surface area contributed by atoms with Gasteiger partial charge in [0.15, 0.2) is 5.69 Å². The number of esters is 1. The molecule has 0 aliphatic rings. The van der Waals surface area contributed by atoms with E-state index in [1.807, 2.05) is 0 Å². The number of carbonyl (C=O) groups excluding carboxylic acids is 1. The maximum Gasteiger partial charge on any atom is 0.390 e. The van der Waals surface area contributed by atoms with E-state index in [1.54, 1.807) is 20.8 Å². The van der Waals surface area contributed by atoms with Gasteiger partial charge in [-0.1, -0.05) is 0 Å². The fraction of sp³-hybridized carbons (Fsp3) is 0.556. The van der Waals surface area contributed by atoms with Crippen LogP contribution >= 0.6 is 0 Å². The summed E-state index contributed by atoms with van der Waals surface area (Å²) < 4.78 is 5.83. The molecule has 0 spiro atoms. The summed E-state index contributed by atoms with van der Waals surface area (Å²) >= 11 is 0. The van der Waals surface area contributed by atoms with Crippen molar-refractivity contribution >= 4 is 11.8 Å². The van der Waals surface area contributed by atoms with Crippen molar-refractivity contribution in [2.75, 3.05) is 7.11 Å². The summed E-state index contributed by atoms with van der Waals surface area (Å²) in [6.07, 6.45) is 0. The van der Waals surface area contributed by atoms with Crippen LogP contribution in [0.3, 0.4) is 0 Å². The molecular formula is C9H13N3O4. The van der Waals surface area contributed by atoms with Crippen LogP contribution in [-0.2, 0) is 10.3 Å². The van der Waals surface area contributed by atoms with Crippen molar-refractivity contribution in [2.45, 2.75) is 26.3 Å². The van der Waals surface area contributed by atoms with E-state index in [1.165, 1.54) is 11.8 Å². The number of hydrogen-bond acceptors (Lipinski definition) is 5. The highest BCUT2D eigenvalue weighted by molar-refractivity contribution is 5.88. The second kappa shape index (κ2) is 3.92. The summed E-state index contributed by atoms with van der Waals surface area (Å²) in [4.78, 5) is 21.3. The number of aromatic nitrogens is 2. The second-order valence-corrected chi connectivity index (χ2v) is 4.22. The number of ether oxygens (including phenoxy) is 1. The molecule has 0 aliphatic heterocycles. The highest BCUT2D eigenvalue weighted by Crippen LogP contribution is 2.21. The lowest BCUT2D eigenvalue weighted by molar-refractivity contribution is -0.389. The quantitative estimate of drug-likeness (QED) is 0.432. The highest BCUT2D eigenvalue weighted by Gasteiger charge is 2.30. The molecule has 0 amide bonds. The summed E-state index contributed by atoms with van der Waals surface area (Å²) in [5.41, 5.74) is -0.459. The van der Waals surface area contributed by atoms with Crippen LogP contribution in [0.25, 0.3) is 0 Å². The molecule has 1 aromatic heterocycles. The minimum absolute atomic E-state index is 0.0710. The van der Waals surface area contributed by atoms with Crippen LogP contribution in [0.15, 0.2) is 6.07 Å². The maximum absolute atomic E-state index is 11.4. The van der Waals surface area contributed by atoms with Gasteiger partial charge < -0.3 is 14.9 Å². The van der Waals surface area contributed by atoms with Crippen LogP contribution in [0.5, 0.6) is 0 Å². The van der Waals surface area contributed by atoms with Crippen LogP contribution in [0, 0.1) is 10.1 Å². The SMILES string of the molecule is COC(=O)c1cc([N+](=O)[O-])nn1C(C)(C)C. The Morgan fingerprint density at radius 1 is 1.56 bits per heavy atom. The van der Waals surface area contributed by atoms with E-state index in [-0.39, 0.29) is 11.5 Å². The third kappa shape index (κ3) is 2.18. The van der Waals surface area contributed by atoms with E-state index < -0.39 is 16.4 Å². The molecule has 0 aliphatic carbocycles. The van der Waals surface area contributed by atoms with Crippen molar-refractivity contribution in [3.63, 3.8) is 0 Å². The zero-order chi connectivity index (χ0) is 12.5. The molecule has 0 N–H and O–H groups in total. The molecule has 0 saturated carbocycles.